The van der Waals surface area contributed by atoms with Gasteiger partial charge in [-0.1, -0.05) is 12.1 Å². The maximum absolute atomic E-state index is 13.1. The van der Waals surface area contributed by atoms with E-state index in [0.29, 0.717) is 29.6 Å². The second kappa shape index (κ2) is 5.59. The van der Waals surface area contributed by atoms with Crippen LogP contribution in [-0.4, -0.2) is 53.4 Å². The molecule has 1 aromatic carbocycles. The summed E-state index contributed by atoms with van der Waals surface area (Å²) in [5.41, 5.74) is 2.28. The van der Waals surface area contributed by atoms with Gasteiger partial charge in [0.2, 0.25) is 0 Å². The smallest absolute Gasteiger partial charge is 0.257 e. The number of carbonyl (C=O) groups excluding carboxylic acids is 1. The van der Waals surface area contributed by atoms with Gasteiger partial charge in [-0.25, -0.2) is 0 Å². The van der Waals surface area contributed by atoms with Gasteiger partial charge in [-0.15, -0.1) is 0 Å². The molecule has 5 rings (SSSR count). The zero-order valence-electron chi connectivity index (χ0n) is 14.1. The largest absolute Gasteiger partial charge is 0.497 e. The van der Waals surface area contributed by atoms with E-state index in [1.807, 2.05) is 29.2 Å². The Kier molecular flexibility index (Phi) is 3.35. The topological polar surface area (TPSA) is 67.5 Å². The van der Waals surface area contributed by atoms with Crippen LogP contribution < -0.4 is 4.74 Å². The number of benzene rings is 1. The number of fused-ring (bicyclic) bond motifs is 5. The molecule has 1 amide bonds. The number of aromatic nitrogens is 2. The van der Waals surface area contributed by atoms with Crippen molar-refractivity contribution in [3.05, 3.63) is 36.0 Å². The highest BCUT2D eigenvalue weighted by molar-refractivity contribution is 6.00. The van der Waals surface area contributed by atoms with E-state index in [9.17, 15) is 4.79 Å². The van der Waals surface area contributed by atoms with Crippen molar-refractivity contribution in [2.75, 3.05) is 20.2 Å². The first-order chi connectivity index (χ1) is 12.2. The van der Waals surface area contributed by atoms with E-state index in [1.165, 1.54) is 0 Å². The number of hydrogen-bond acceptors (Lipinski definition) is 4. The fourth-order valence-electron chi connectivity index (χ4n) is 4.74. The first-order valence-electron chi connectivity index (χ1n) is 8.87. The molecule has 3 aliphatic heterocycles. The summed E-state index contributed by atoms with van der Waals surface area (Å²) in [5.74, 6) is 1.83. The maximum atomic E-state index is 13.1. The maximum Gasteiger partial charge on any atom is 0.257 e. The SMILES string of the molecule is COc1cccc(-c2[nH]ncc2C(=O)N2C[C@@H]3[C@H](C2)[C@H]2CC[C@@H]3O2)c1. The lowest BCUT2D eigenvalue weighted by molar-refractivity contribution is 0.0594. The molecule has 6 nitrogen and oxygen atoms in total. The molecule has 4 heterocycles. The summed E-state index contributed by atoms with van der Waals surface area (Å²) in [7, 11) is 1.64. The Bertz CT molecular complexity index is 800. The molecule has 6 heteroatoms. The van der Waals surface area contributed by atoms with Crippen molar-refractivity contribution >= 4 is 5.91 Å². The molecule has 4 atom stereocenters. The minimum absolute atomic E-state index is 0.0559. The van der Waals surface area contributed by atoms with Gasteiger partial charge in [-0.3, -0.25) is 9.89 Å². The second-order valence-electron chi connectivity index (χ2n) is 7.22. The van der Waals surface area contributed by atoms with E-state index < -0.39 is 0 Å². The molecular weight excluding hydrogens is 318 g/mol. The number of hydrogen-bond donors (Lipinski definition) is 1. The number of carbonyl (C=O) groups is 1. The van der Waals surface area contributed by atoms with Crippen molar-refractivity contribution in [2.24, 2.45) is 11.8 Å². The van der Waals surface area contributed by atoms with Gasteiger partial charge >= 0.3 is 0 Å². The number of nitrogens with zero attached hydrogens (tertiary/aromatic N) is 2. The Labute approximate surface area is 146 Å². The summed E-state index contributed by atoms with van der Waals surface area (Å²) in [6.07, 6.45) is 4.64. The van der Waals surface area contributed by atoms with Gasteiger partial charge in [0.05, 0.1) is 36.8 Å². The van der Waals surface area contributed by atoms with Gasteiger partial charge in [0.1, 0.15) is 5.75 Å². The van der Waals surface area contributed by atoms with Crippen molar-refractivity contribution < 1.29 is 14.3 Å². The Hall–Kier alpha value is -2.34. The minimum Gasteiger partial charge on any atom is -0.497 e. The highest BCUT2D eigenvalue weighted by atomic mass is 16.5. The third kappa shape index (κ3) is 2.28. The average Bonchev–Trinajstić information content (AvgIpc) is 3.42. The van der Waals surface area contributed by atoms with Crippen LogP contribution >= 0.6 is 0 Å². The predicted molar refractivity (Wildman–Crippen MR) is 91.4 cm³/mol. The van der Waals surface area contributed by atoms with Gasteiger partial charge in [-0.05, 0) is 25.0 Å². The molecule has 2 aromatic rings. The highest BCUT2D eigenvalue weighted by Crippen LogP contribution is 2.47. The van der Waals surface area contributed by atoms with Gasteiger partial charge in [0, 0.05) is 30.5 Å². The van der Waals surface area contributed by atoms with E-state index in [1.54, 1.807) is 13.3 Å². The van der Waals surface area contributed by atoms with Crippen LogP contribution in [0.25, 0.3) is 11.3 Å². The van der Waals surface area contributed by atoms with Crippen LogP contribution in [0.4, 0.5) is 0 Å². The summed E-state index contributed by atoms with van der Waals surface area (Å²) >= 11 is 0. The molecule has 3 saturated heterocycles. The molecule has 0 saturated carbocycles. The van der Waals surface area contributed by atoms with E-state index in [2.05, 4.69) is 10.2 Å². The zero-order valence-corrected chi connectivity index (χ0v) is 14.1. The Balaban J connectivity index is 1.41. The van der Waals surface area contributed by atoms with Gasteiger partial charge in [0.15, 0.2) is 0 Å². The monoisotopic (exact) mass is 339 g/mol. The van der Waals surface area contributed by atoms with Crippen LogP contribution in [0.2, 0.25) is 0 Å². The summed E-state index contributed by atoms with van der Waals surface area (Å²) in [5, 5.41) is 7.10. The lowest BCUT2D eigenvalue weighted by Crippen LogP contribution is -2.31. The van der Waals surface area contributed by atoms with E-state index in [0.717, 1.165) is 42.9 Å². The first kappa shape index (κ1) is 15.0. The number of H-pyrrole nitrogens is 1. The lowest BCUT2D eigenvalue weighted by atomic mass is 9.82. The molecule has 0 unspecified atom stereocenters. The van der Waals surface area contributed by atoms with Crippen molar-refractivity contribution in [2.45, 2.75) is 25.0 Å². The summed E-state index contributed by atoms with van der Waals surface area (Å²) in [6, 6.07) is 7.67. The number of methoxy groups -OCH3 is 1. The van der Waals surface area contributed by atoms with E-state index in [-0.39, 0.29) is 5.91 Å². The standard InChI is InChI=1S/C19H21N3O3/c1-24-12-4-2-3-11(7-12)18-13(8-20-21-18)19(23)22-9-14-15(10-22)17-6-5-16(14)25-17/h2-4,7-8,14-17H,5-6,9-10H2,1H3,(H,20,21)/t14-,15+,16+,17-. The molecule has 3 fully saturated rings. The van der Waals surface area contributed by atoms with Gasteiger partial charge in [-0.2, -0.15) is 5.10 Å². The van der Waals surface area contributed by atoms with Crippen molar-refractivity contribution in [1.29, 1.82) is 0 Å². The normalized spacial score (nSPS) is 29.9. The van der Waals surface area contributed by atoms with Crippen LogP contribution in [0.5, 0.6) is 5.75 Å². The molecule has 1 aromatic heterocycles. The fraction of sp³-hybridized carbons (Fsp3) is 0.474. The molecule has 1 N–H and O–H groups in total. The van der Waals surface area contributed by atoms with Crippen LogP contribution in [0.1, 0.15) is 23.2 Å². The van der Waals surface area contributed by atoms with Gasteiger partial charge in [0.25, 0.3) is 5.91 Å². The molecule has 0 radical (unpaired) electrons. The Morgan fingerprint density at radius 1 is 1.28 bits per heavy atom. The van der Waals surface area contributed by atoms with Crippen molar-refractivity contribution in [1.82, 2.24) is 15.1 Å². The quantitative estimate of drug-likeness (QED) is 0.932. The number of nitrogens with one attached hydrogen (secondary N) is 1. The van der Waals surface area contributed by atoms with Crippen LogP contribution in [0.3, 0.4) is 0 Å². The number of aromatic amines is 1. The second-order valence-corrected chi connectivity index (χ2v) is 7.22. The van der Waals surface area contributed by atoms with Gasteiger partial charge < -0.3 is 14.4 Å². The predicted octanol–water partition coefficient (Wildman–Crippen LogP) is 2.33. The third-order valence-corrected chi connectivity index (χ3v) is 5.97. The Morgan fingerprint density at radius 3 is 2.76 bits per heavy atom. The van der Waals surface area contributed by atoms with Crippen molar-refractivity contribution in [3.8, 4) is 17.0 Å². The summed E-state index contributed by atoms with van der Waals surface area (Å²) in [4.78, 5) is 15.1. The fourth-order valence-corrected chi connectivity index (χ4v) is 4.74. The van der Waals surface area contributed by atoms with E-state index in [4.69, 9.17) is 9.47 Å². The third-order valence-electron chi connectivity index (χ3n) is 5.97. The molecule has 2 bridgehead atoms. The van der Waals surface area contributed by atoms with Crippen LogP contribution in [0, 0.1) is 11.8 Å². The first-order valence-corrected chi connectivity index (χ1v) is 8.87. The van der Waals surface area contributed by atoms with Crippen LogP contribution in [-0.2, 0) is 4.74 Å². The summed E-state index contributed by atoms with van der Waals surface area (Å²) in [6.45, 7) is 1.60. The molecule has 25 heavy (non-hydrogen) atoms. The average molecular weight is 339 g/mol. The number of likely N-dealkylation sites (tertiary alicyclic amines) is 1. The lowest BCUT2D eigenvalue weighted by Gasteiger charge is -2.19. The number of rotatable bonds is 3. The molecule has 0 aliphatic carbocycles. The highest BCUT2D eigenvalue weighted by Gasteiger charge is 2.53. The number of amides is 1. The Morgan fingerprint density at radius 2 is 2.04 bits per heavy atom. The van der Waals surface area contributed by atoms with E-state index >= 15 is 0 Å². The minimum atomic E-state index is 0.0559. The number of ether oxygens (including phenoxy) is 2. The van der Waals surface area contributed by atoms with Crippen LogP contribution in [0.15, 0.2) is 30.5 Å². The summed E-state index contributed by atoms with van der Waals surface area (Å²) < 4.78 is 11.3. The molecular formula is C19H21N3O3. The molecule has 0 spiro atoms. The molecule has 130 valence electrons. The molecule has 3 aliphatic rings. The zero-order chi connectivity index (χ0) is 17.0. The van der Waals surface area contributed by atoms with Crippen molar-refractivity contribution in [3.63, 3.8) is 0 Å².